The number of hydrogen-bond donors (Lipinski definition) is 3. The van der Waals surface area contributed by atoms with E-state index in [4.69, 9.17) is 14.2 Å². The summed E-state index contributed by atoms with van der Waals surface area (Å²) in [7, 11) is 1.74. The summed E-state index contributed by atoms with van der Waals surface area (Å²) >= 11 is 0. The van der Waals surface area contributed by atoms with Crippen LogP contribution in [0.2, 0.25) is 0 Å². The van der Waals surface area contributed by atoms with Gasteiger partial charge < -0.3 is 30.2 Å². The second-order valence-electron chi connectivity index (χ2n) is 8.86. The molecule has 3 N–H and O–H groups in total. The van der Waals surface area contributed by atoms with Crippen molar-refractivity contribution in [2.75, 3.05) is 46.6 Å². The standard InChI is InChI=1S/C21H42N4O4/c1-16(2)18(25-20(26)29-21(3,4)5)14-24-19(22-6)23-10-7-11-28-15-17-8-12-27-13-9-17/h16-18H,7-15H2,1-6H3,(H,25,26)(H2,22,23,24). The van der Waals surface area contributed by atoms with Crippen molar-refractivity contribution in [3.63, 3.8) is 0 Å². The molecule has 0 bridgehead atoms. The highest BCUT2D eigenvalue weighted by Gasteiger charge is 2.21. The maximum absolute atomic E-state index is 12.0. The molecule has 1 fully saturated rings. The van der Waals surface area contributed by atoms with Crippen LogP contribution in [0.25, 0.3) is 0 Å². The molecule has 0 aliphatic carbocycles. The van der Waals surface area contributed by atoms with Crippen molar-refractivity contribution < 1.29 is 19.0 Å². The maximum Gasteiger partial charge on any atom is 0.407 e. The van der Waals surface area contributed by atoms with Gasteiger partial charge in [0.2, 0.25) is 0 Å². The van der Waals surface area contributed by atoms with Crippen LogP contribution in [0.15, 0.2) is 4.99 Å². The fourth-order valence-corrected chi connectivity index (χ4v) is 2.88. The smallest absolute Gasteiger partial charge is 0.407 e. The Balaban J connectivity index is 2.22. The molecule has 1 amide bonds. The molecule has 1 atom stereocenters. The first-order valence-electron chi connectivity index (χ1n) is 10.8. The Kier molecular flexibility index (Phi) is 12.0. The highest BCUT2D eigenvalue weighted by molar-refractivity contribution is 5.79. The van der Waals surface area contributed by atoms with Gasteiger partial charge in [0.25, 0.3) is 0 Å². The Hall–Kier alpha value is -1.54. The molecule has 0 aromatic heterocycles. The van der Waals surface area contributed by atoms with Gasteiger partial charge in [-0.1, -0.05) is 13.8 Å². The van der Waals surface area contributed by atoms with E-state index in [0.717, 1.165) is 52.2 Å². The van der Waals surface area contributed by atoms with Gasteiger partial charge >= 0.3 is 6.09 Å². The number of aliphatic imine (C=N–C) groups is 1. The van der Waals surface area contributed by atoms with Crippen LogP contribution in [-0.4, -0.2) is 70.3 Å². The van der Waals surface area contributed by atoms with Crippen molar-refractivity contribution in [2.24, 2.45) is 16.8 Å². The maximum atomic E-state index is 12.0. The number of hydrogen-bond acceptors (Lipinski definition) is 5. The van der Waals surface area contributed by atoms with E-state index in [9.17, 15) is 4.79 Å². The topological polar surface area (TPSA) is 93.2 Å². The normalized spacial score (nSPS) is 17.1. The second-order valence-corrected chi connectivity index (χ2v) is 8.86. The van der Waals surface area contributed by atoms with E-state index in [2.05, 4.69) is 34.8 Å². The van der Waals surface area contributed by atoms with E-state index in [1.165, 1.54) is 0 Å². The third-order valence-electron chi connectivity index (χ3n) is 4.67. The lowest BCUT2D eigenvalue weighted by Gasteiger charge is -2.26. The predicted molar refractivity (Wildman–Crippen MR) is 116 cm³/mol. The van der Waals surface area contributed by atoms with Gasteiger partial charge in [-0.3, -0.25) is 4.99 Å². The summed E-state index contributed by atoms with van der Waals surface area (Å²) in [5.74, 6) is 1.61. The summed E-state index contributed by atoms with van der Waals surface area (Å²) < 4.78 is 16.5. The van der Waals surface area contributed by atoms with Gasteiger partial charge in [0.1, 0.15) is 5.60 Å². The summed E-state index contributed by atoms with van der Waals surface area (Å²) in [6, 6.07) is -0.0637. The summed E-state index contributed by atoms with van der Waals surface area (Å²) in [4.78, 5) is 16.3. The van der Waals surface area contributed by atoms with Crippen LogP contribution in [0.1, 0.15) is 53.9 Å². The third kappa shape index (κ3) is 12.6. The fraction of sp³-hybridized carbons (Fsp3) is 0.905. The molecule has 0 saturated carbocycles. The van der Waals surface area contributed by atoms with Crippen molar-refractivity contribution >= 4 is 12.1 Å². The SMILES string of the molecule is CN=C(NCCCOCC1CCOCC1)NCC(NC(=O)OC(C)(C)C)C(C)C. The van der Waals surface area contributed by atoms with E-state index in [0.29, 0.717) is 18.4 Å². The minimum atomic E-state index is -0.510. The van der Waals surface area contributed by atoms with Gasteiger partial charge in [-0.15, -0.1) is 0 Å². The molecular weight excluding hydrogens is 372 g/mol. The number of carbonyl (C=O) groups is 1. The van der Waals surface area contributed by atoms with Gasteiger partial charge in [0, 0.05) is 46.6 Å². The Morgan fingerprint density at radius 2 is 1.90 bits per heavy atom. The molecule has 1 aliphatic rings. The molecule has 0 radical (unpaired) electrons. The molecule has 1 unspecified atom stereocenters. The lowest BCUT2D eigenvalue weighted by molar-refractivity contribution is 0.0203. The molecule has 1 aliphatic heterocycles. The average molecular weight is 415 g/mol. The number of nitrogens with one attached hydrogen (secondary N) is 3. The van der Waals surface area contributed by atoms with Crippen molar-refractivity contribution in [2.45, 2.75) is 65.5 Å². The zero-order valence-electron chi connectivity index (χ0n) is 19.2. The molecule has 1 rings (SSSR count). The van der Waals surface area contributed by atoms with Gasteiger partial charge in [0.15, 0.2) is 5.96 Å². The Bertz CT molecular complexity index is 486. The van der Waals surface area contributed by atoms with Crippen LogP contribution in [-0.2, 0) is 14.2 Å². The summed E-state index contributed by atoms with van der Waals surface area (Å²) in [5.41, 5.74) is -0.510. The van der Waals surface area contributed by atoms with Gasteiger partial charge in [-0.25, -0.2) is 4.79 Å². The van der Waals surface area contributed by atoms with E-state index in [1.54, 1.807) is 7.05 Å². The highest BCUT2D eigenvalue weighted by Crippen LogP contribution is 2.14. The summed E-state index contributed by atoms with van der Waals surface area (Å²) in [6.45, 7) is 14.3. The van der Waals surface area contributed by atoms with Gasteiger partial charge in [-0.2, -0.15) is 0 Å². The quantitative estimate of drug-likeness (QED) is 0.289. The number of carbonyl (C=O) groups excluding carboxylic acids is 1. The molecule has 0 spiro atoms. The number of guanidine groups is 1. The van der Waals surface area contributed by atoms with Gasteiger partial charge in [0.05, 0.1) is 6.04 Å². The highest BCUT2D eigenvalue weighted by atomic mass is 16.6. The van der Waals surface area contributed by atoms with Crippen LogP contribution in [0.3, 0.4) is 0 Å². The molecule has 1 saturated heterocycles. The molecule has 0 aromatic rings. The number of nitrogens with zero attached hydrogens (tertiary/aromatic N) is 1. The van der Waals surface area contributed by atoms with Crippen LogP contribution in [0.4, 0.5) is 4.79 Å². The third-order valence-corrected chi connectivity index (χ3v) is 4.67. The average Bonchev–Trinajstić information content (AvgIpc) is 2.65. The molecular formula is C21H42N4O4. The predicted octanol–water partition coefficient (Wildman–Crippen LogP) is 2.53. The molecule has 170 valence electrons. The molecule has 1 heterocycles. The minimum absolute atomic E-state index is 0.0637. The van der Waals surface area contributed by atoms with E-state index in [-0.39, 0.29) is 12.0 Å². The van der Waals surface area contributed by atoms with Crippen molar-refractivity contribution in [3.8, 4) is 0 Å². The lowest BCUT2D eigenvalue weighted by atomic mass is 10.0. The largest absolute Gasteiger partial charge is 0.444 e. The molecule has 29 heavy (non-hydrogen) atoms. The number of amides is 1. The van der Waals surface area contributed by atoms with Crippen LogP contribution >= 0.6 is 0 Å². The van der Waals surface area contributed by atoms with Gasteiger partial charge in [-0.05, 0) is 51.9 Å². The minimum Gasteiger partial charge on any atom is -0.444 e. The van der Waals surface area contributed by atoms with Crippen LogP contribution in [0, 0.1) is 11.8 Å². The Morgan fingerprint density at radius 1 is 1.21 bits per heavy atom. The molecule has 8 heteroatoms. The number of rotatable bonds is 10. The first-order chi connectivity index (χ1) is 13.7. The Morgan fingerprint density at radius 3 is 2.48 bits per heavy atom. The number of alkyl carbamates (subject to hydrolysis) is 1. The molecule has 0 aromatic carbocycles. The van der Waals surface area contributed by atoms with Crippen molar-refractivity contribution in [1.82, 2.24) is 16.0 Å². The Labute approximate surface area is 176 Å². The number of ether oxygens (including phenoxy) is 3. The molecule has 8 nitrogen and oxygen atoms in total. The zero-order valence-corrected chi connectivity index (χ0v) is 19.2. The second kappa shape index (κ2) is 13.6. The summed E-state index contributed by atoms with van der Waals surface area (Å²) in [6.07, 6.45) is 2.71. The van der Waals surface area contributed by atoms with E-state index in [1.807, 2.05) is 20.8 Å². The van der Waals surface area contributed by atoms with Crippen LogP contribution < -0.4 is 16.0 Å². The summed E-state index contributed by atoms with van der Waals surface area (Å²) in [5, 5.41) is 9.50. The van der Waals surface area contributed by atoms with E-state index >= 15 is 0 Å². The fourth-order valence-electron chi connectivity index (χ4n) is 2.88. The van der Waals surface area contributed by atoms with Crippen molar-refractivity contribution in [1.29, 1.82) is 0 Å². The van der Waals surface area contributed by atoms with E-state index < -0.39 is 11.7 Å². The first kappa shape index (κ1) is 25.5. The monoisotopic (exact) mass is 414 g/mol. The van der Waals surface area contributed by atoms with Crippen LogP contribution in [0.5, 0.6) is 0 Å². The lowest BCUT2D eigenvalue weighted by Crippen LogP contribution is -2.50. The first-order valence-corrected chi connectivity index (χ1v) is 10.8. The zero-order chi connectivity index (χ0) is 21.7. The van der Waals surface area contributed by atoms with Crippen molar-refractivity contribution in [3.05, 3.63) is 0 Å².